The summed E-state index contributed by atoms with van der Waals surface area (Å²) in [6.07, 6.45) is 3.66. The number of carbonyl (C=O) groups is 1. The van der Waals surface area contributed by atoms with Crippen molar-refractivity contribution in [2.45, 2.75) is 25.0 Å². The fourth-order valence-electron chi connectivity index (χ4n) is 4.00. The minimum absolute atomic E-state index is 0.248. The first-order valence-corrected chi connectivity index (χ1v) is 9.60. The van der Waals surface area contributed by atoms with Crippen LogP contribution in [-0.4, -0.2) is 51.4 Å². The highest BCUT2D eigenvalue weighted by Crippen LogP contribution is 2.40. The van der Waals surface area contributed by atoms with Crippen LogP contribution in [0.5, 0.6) is 5.75 Å². The molecule has 2 bridgehead atoms. The lowest BCUT2D eigenvalue weighted by Crippen LogP contribution is -2.28. The van der Waals surface area contributed by atoms with Gasteiger partial charge in [0, 0.05) is 24.8 Å². The van der Waals surface area contributed by atoms with E-state index >= 15 is 0 Å². The van der Waals surface area contributed by atoms with Crippen molar-refractivity contribution in [1.82, 2.24) is 19.9 Å². The zero-order chi connectivity index (χ0) is 20.0. The highest BCUT2D eigenvalue weighted by molar-refractivity contribution is 5.99. The van der Waals surface area contributed by atoms with E-state index in [0.717, 1.165) is 0 Å². The number of nitrogens with one attached hydrogen (secondary N) is 1. The summed E-state index contributed by atoms with van der Waals surface area (Å²) in [5.74, 6) is 0.552. The minimum Gasteiger partial charge on any atom is -0.493 e. The number of aliphatic hydroxyl groups excluding tert-OH is 1. The molecule has 1 fully saturated rings. The summed E-state index contributed by atoms with van der Waals surface area (Å²) in [6, 6.07) is 5.92. The van der Waals surface area contributed by atoms with Crippen molar-refractivity contribution in [3.63, 3.8) is 0 Å². The van der Waals surface area contributed by atoms with Crippen molar-refractivity contribution in [3.8, 4) is 5.75 Å². The van der Waals surface area contributed by atoms with E-state index < -0.39 is 6.10 Å². The number of ether oxygens (including phenoxy) is 1. The molecule has 0 spiro atoms. The molecule has 150 valence electrons. The molecular formula is C20H20FN5O3. The summed E-state index contributed by atoms with van der Waals surface area (Å²) in [5.41, 5.74) is 1.50. The lowest BCUT2D eigenvalue weighted by molar-refractivity contribution is 0.0953. The molecular weight excluding hydrogens is 377 g/mol. The monoisotopic (exact) mass is 397 g/mol. The Morgan fingerprint density at radius 1 is 1.31 bits per heavy atom. The van der Waals surface area contributed by atoms with Gasteiger partial charge in [-0.05, 0) is 37.1 Å². The molecule has 2 atom stereocenters. The number of aliphatic hydroxyl groups is 1. The van der Waals surface area contributed by atoms with Crippen LogP contribution in [-0.2, 0) is 0 Å². The van der Waals surface area contributed by atoms with Gasteiger partial charge >= 0.3 is 0 Å². The van der Waals surface area contributed by atoms with Crippen LogP contribution in [0.3, 0.4) is 0 Å². The molecule has 2 aliphatic heterocycles. The predicted octanol–water partition coefficient (Wildman–Crippen LogP) is 1.69. The summed E-state index contributed by atoms with van der Waals surface area (Å²) < 4.78 is 21.5. The van der Waals surface area contributed by atoms with E-state index in [1.165, 1.54) is 18.3 Å². The first-order valence-electron chi connectivity index (χ1n) is 9.60. The topological polar surface area (TPSA) is 92.0 Å². The number of nitrogens with zero attached hydrogens (tertiary/aromatic N) is 4. The molecule has 29 heavy (non-hydrogen) atoms. The van der Waals surface area contributed by atoms with Gasteiger partial charge in [0.2, 0.25) is 0 Å². The first-order chi connectivity index (χ1) is 14.1. The molecule has 0 unspecified atom stereocenters. The van der Waals surface area contributed by atoms with Crippen LogP contribution in [0.15, 0.2) is 36.7 Å². The van der Waals surface area contributed by atoms with Crippen molar-refractivity contribution >= 4 is 17.4 Å². The van der Waals surface area contributed by atoms with Crippen LogP contribution in [0, 0.1) is 5.82 Å². The van der Waals surface area contributed by atoms with Gasteiger partial charge in [0.05, 0.1) is 24.9 Å². The van der Waals surface area contributed by atoms with Gasteiger partial charge in [-0.2, -0.15) is 5.10 Å². The Kier molecular flexibility index (Phi) is 4.31. The number of amides is 1. The number of carbonyl (C=O) groups excluding carboxylic acids is 1. The lowest BCUT2D eigenvalue weighted by Gasteiger charge is -2.27. The number of anilines is 1. The van der Waals surface area contributed by atoms with Crippen LogP contribution < -0.4 is 15.0 Å². The van der Waals surface area contributed by atoms with E-state index in [2.05, 4.69) is 15.4 Å². The van der Waals surface area contributed by atoms with Crippen LogP contribution in [0.1, 0.15) is 34.8 Å². The van der Waals surface area contributed by atoms with E-state index in [4.69, 9.17) is 4.74 Å². The minimum atomic E-state index is -0.586. The van der Waals surface area contributed by atoms with Crippen molar-refractivity contribution in [2.75, 3.05) is 24.6 Å². The summed E-state index contributed by atoms with van der Waals surface area (Å²) in [4.78, 5) is 19.1. The van der Waals surface area contributed by atoms with Gasteiger partial charge in [0.25, 0.3) is 5.91 Å². The third-order valence-electron chi connectivity index (χ3n) is 5.37. The quantitative estimate of drug-likeness (QED) is 0.600. The van der Waals surface area contributed by atoms with Crippen LogP contribution in [0.4, 0.5) is 10.2 Å². The molecule has 2 N–H and O–H groups in total. The zero-order valence-electron chi connectivity index (χ0n) is 15.6. The highest BCUT2D eigenvalue weighted by atomic mass is 19.1. The van der Waals surface area contributed by atoms with Crippen molar-refractivity contribution < 1.29 is 19.0 Å². The van der Waals surface area contributed by atoms with E-state index in [0.29, 0.717) is 60.9 Å². The van der Waals surface area contributed by atoms with Gasteiger partial charge in [-0.3, -0.25) is 4.79 Å². The fourth-order valence-corrected chi connectivity index (χ4v) is 4.00. The molecule has 1 aromatic carbocycles. The molecule has 8 nitrogen and oxygen atoms in total. The average Bonchev–Trinajstić information content (AvgIpc) is 3.31. The number of hydrogen-bond acceptors (Lipinski definition) is 6. The van der Waals surface area contributed by atoms with Gasteiger partial charge in [-0.25, -0.2) is 13.9 Å². The predicted molar refractivity (Wildman–Crippen MR) is 103 cm³/mol. The van der Waals surface area contributed by atoms with E-state index in [9.17, 15) is 14.3 Å². The molecule has 0 radical (unpaired) electrons. The number of benzene rings is 1. The Bertz CT molecular complexity index is 1090. The standard InChI is InChI=1S/C20H20FN5O3/c21-12-2-3-17-14(8-12)16-9-13(27)11-25(16)18-4-6-26-19(24-18)15(10-23-26)20(28)22-5-1-7-29-17/h2-4,6,8,10,13,16,27H,1,5,7,9,11H2,(H,22,28)/t13-,16+/m1/s1. The maximum Gasteiger partial charge on any atom is 0.256 e. The average molecular weight is 397 g/mol. The molecule has 2 aromatic heterocycles. The van der Waals surface area contributed by atoms with E-state index in [1.807, 2.05) is 4.90 Å². The molecule has 0 saturated carbocycles. The largest absolute Gasteiger partial charge is 0.493 e. The Morgan fingerprint density at radius 2 is 2.21 bits per heavy atom. The number of hydrogen-bond donors (Lipinski definition) is 2. The van der Waals surface area contributed by atoms with Crippen molar-refractivity contribution in [3.05, 3.63) is 53.6 Å². The SMILES string of the molecule is O=C1NCCCOc2ccc(F)cc2[C@@H]2C[C@@H](O)CN2c2ccn3ncc1c3n2. The van der Waals surface area contributed by atoms with Crippen molar-refractivity contribution in [2.24, 2.45) is 0 Å². The number of fused-ring (bicyclic) bond motifs is 5. The molecule has 9 heteroatoms. The molecule has 2 aliphatic rings. The zero-order valence-corrected chi connectivity index (χ0v) is 15.6. The Labute approximate surface area is 165 Å². The maximum atomic E-state index is 14.1. The number of rotatable bonds is 0. The highest BCUT2D eigenvalue weighted by Gasteiger charge is 2.35. The third kappa shape index (κ3) is 3.17. The fraction of sp³-hybridized carbons (Fsp3) is 0.350. The van der Waals surface area contributed by atoms with Gasteiger partial charge in [-0.1, -0.05) is 0 Å². The van der Waals surface area contributed by atoms with Crippen LogP contribution in [0.25, 0.3) is 5.65 Å². The van der Waals surface area contributed by atoms with Gasteiger partial charge < -0.3 is 20.1 Å². The summed E-state index contributed by atoms with van der Waals surface area (Å²) >= 11 is 0. The molecule has 3 aromatic rings. The second-order valence-electron chi connectivity index (χ2n) is 7.31. The van der Waals surface area contributed by atoms with Crippen LogP contribution in [0.2, 0.25) is 0 Å². The molecule has 1 saturated heterocycles. The second-order valence-corrected chi connectivity index (χ2v) is 7.31. The normalized spacial score (nSPS) is 22.0. The Hall–Kier alpha value is -3.20. The summed E-state index contributed by atoms with van der Waals surface area (Å²) in [6.45, 7) is 1.15. The second kappa shape index (κ2) is 7.00. The summed E-state index contributed by atoms with van der Waals surface area (Å²) in [7, 11) is 0. The van der Waals surface area contributed by atoms with Crippen LogP contribution >= 0.6 is 0 Å². The van der Waals surface area contributed by atoms with Gasteiger partial charge in [0.15, 0.2) is 5.65 Å². The Morgan fingerprint density at radius 3 is 3.10 bits per heavy atom. The molecule has 0 aliphatic carbocycles. The number of halogens is 1. The maximum absolute atomic E-state index is 14.1. The smallest absolute Gasteiger partial charge is 0.256 e. The molecule has 5 rings (SSSR count). The first kappa shape index (κ1) is 17.9. The van der Waals surface area contributed by atoms with Gasteiger partial charge in [0.1, 0.15) is 22.9 Å². The molecule has 1 amide bonds. The third-order valence-corrected chi connectivity index (χ3v) is 5.37. The van der Waals surface area contributed by atoms with Gasteiger partial charge in [-0.15, -0.1) is 0 Å². The van der Waals surface area contributed by atoms with E-state index in [-0.39, 0.29) is 17.8 Å². The van der Waals surface area contributed by atoms with E-state index in [1.54, 1.807) is 22.8 Å². The summed E-state index contributed by atoms with van der Waals surface area (Å²) in [5, 5.41) is 17.4. The Balaban J connectivity index is 1.66. The number of aromatic nitrogens is 3. The van der Waals surface area contributed by atoms with Crippen molar-refractivity contribution in [1.29, 1.82) is 0 Å². The lowest BCUT2D eigenvalue weighted by atomic mass is 10.0. The molecule has 4 heterocycles.